The van der Waals surface area contributed by atoms with Crippen molar-refractivity contribution in [3.8, 4) is 0 Å². The van der Waals surface area contributed by atoms with Crippen molar-refractivity contribution in [1.29, 1.82) is 0 Å². The molecule has 0 unspecified atom stereocenters. The van der Waals surface area contributed by atoms with Gasteiger partial charge >= 0.3 is 0 Å². The van der Waals surface area contributed by atoms with Crippen molar-refractivity contribution in [3.05, 3.63) is 12.7 Å². The lowest BCUT2D eigenvalue weighted by Gasteiger charge is -2.17. The first-order valence-corrected chi connectivity index (χ1v) is 7.63. The van der Waals surface area contributed by atoms with Gasteiger partial charge in [0, 0.05) is 13.6 Å². The Morgan fingerprint density at radius 2 is 2.13 bits per heavy atom. The molecule has 1 aliphatic rings. The summed E-state index contributed by atoms with van der Waals surface area (Å²) in [6.07, 6.45) is -1.01. The molecule has 0 saturated carbocycles. The summed E-state index contributed by atoms with van der Waals surface area (Å²) in [6, 6.07) is 0. The van der Waals surface area contributed by atoms with Gasteiger partial charge in [-0.05, 0) is 6.92 Å². The average molecular weight is 338 g/mol. The second kappa shape index (κ2) is 6.32. The zero-order valence-corrected chi connectivity index (χ0v) is 13.5. The Morgan fingerprint density at radius 1 is 1.35 bits per heavy atom. The fourth-order valence-corrected chi connectivity index (χ4v) is 2.94. The largest absolute Gasteiger partial charge is 0.387 e. The van der Waals surface area contributed by atoms with Crippen LogP contribution < -0.4 is 10.6 Å². The normalized spacial score (nSPS) is 27.3. The molecule has 0 aromatic carbocycles. The molecule has 4 N–H and O–H groups in total. The van der Waals surface area contributed by atoms with Crippen LogP contribution in [0.1, 0.15) is 13.2 Å². The summed E-state index contributed by atoms with van der Waals surface area (Å²) in [5.41, 5.74) is 1.05. The fraction of sp³-hybridized carbons (Fsp3) is 0.538. The summed E-state index contributed by atoms with van der Waals surface area (Å²) in [4.78, 5) is 12.9. The van der Waals surface area contributed by atoms with Gasteiger partial charge in [-0.1, -0.05) is 12.2 Å². The van der Waals surface area contributed by atoms with Crippen LogP contribution >= 0.6 is 12.2 Å². The van der Waals surface area contributed by atoms with Crippen molar-refractivity contribution in [2.24, 2.45) is 0 Å². The van der Waals surface area contributed by atoms with E-state index in [0.29, 0.717) is 28.5 Å². The number of nitrogens with one attached hydrogen (secondary N) is 2. The zero-order valence-electron chi connectivity index (χ0n) is 12.7. The van der Waals surface area contributed by atoms with E-state index in [0.717, 1.165) is 0 Å². The van der Waals surface area contributed by atoms with Crippen LogP contribution in [-0.2, 0) is 4.74 Å². The number of aromatic nitrogens is 4. The molecular formula is C13H18N6O3S. The summed E-state index contributed by atoms with van der Waals surface area (Å²) in [7, 11) is 1.73. The highest BCUT2D eigenvalue weighted by Gasteiger charge is 2.46. The number of nitrogens with zero attached hydrogens (tertiary/aromatic N) is 4. The summed E-state index contributed by atoms with van der Waals surface area (Å²) in [5.74, 6) is 0.571. The minimum absolute atomic E-state index is 0.358. The highest BCUT2D eigenvalue weighted by molar-refractivity contribution is 7.80. The van der Waals surface area contributed by atoms with Gasteiger partial charge in [-0.15, -0.1) is 0 Å². The highest BCUT2D eigenvalue weighted by Crippen LogP contribution is 2.32. The molecule has 124 valence electrons. The van der Waals surface area contributed by atoms with Crippen LogP contribution in [0.5, 0.6) is 0 Å². The Kier molecular flexibility index (Phi) is 4.39. The number of rotatable bonds is 4. The number of ether oxygens (including phenoxy) is 1. The van der Waals surface area contributed by atoms with Gasteiger partial charge in [0.2, 0.25) is 0 Å². The van der Waals surface area contributed by atoms with Gasteiger partial charge in [-0.2, -0.15) is 0 Å². The number of likely N-dealkylation sites (N-methyl/N-ethyl adjacent to an activating group) is 1. The molecule has 1 aliphatic heterocycles. The van der Waals surface area contributed by atoms with Crippen LogP contribution in [0, 0.1) is 0 Å². The Bertz CT molecular complexity index is 723. The number of aliphatic hydroxyl groups is 2. The van der Waals surface area contributed by atoms with Crippen LogP contribution in [0.25, 0.3) is 11.2 Å². The second-order valence-corrected chi connectivity index (χ2v) is 5.56. The lowest BCUT2D eigenvalue weighted by atomic mass is 10.1. The molecule has 3 rings (SSSR count). The summed E-state index contributed by atoms with van der Waals surface area (Å²) in [6.45, 7) is 2.50. The maximum atomic E-state index is 10.3. The van der Waals surface area contributed by atoms with Crippen molar-refractivity contribution >= 4 is 34.2 Å². The summed E-state index contributed by atoms with van der Waals surface area (Å²) < 4.78 is 7.33. The van der Waals surface area contributed by atoms with Crippen LogP contribution in [0.15, 0.2) is 12.7 Å². The minimum Gasteiger partial charge on any atom is -0.387 e. The van der Waals surface area contributed by atoms with Crippen LogP contribution in [0.3, 0.4) is 0 Å². The summed E-state index contributed by atoms with van der Waals surface area (Å²) in [5, 5.41) is 26.4. The SMILES string of the molecule is CCNC(=S)[C@H]1O[C@@H](n2cnc3c(NC)ncnc32)[C@H](O)[C@@H]1O. The number of thiocarbonyl (C=S) groups is 1. The Labute approximate surface area is 137 Å². The standard InChI is InChI=1S/C13H18N6O3S/c1-3-15-12(23)9-7(20)8(21)13(22-9)19-5-18-6-10(14-2)16-4-17-11(6)19/h4-5,7-9,13,20-21H,3H2,1-2H3,(H,15,23)(H,14,16,17)/t7-,8+,9-,13+/m0/s1. The molecule has 1 fully saturated rings. The van der Waals surface area contributed by atoms with Gasteiger partial charge in [-0.25, -0.2) is 15.0 Å². The van der Waals surface area contributed by atoms with E-state index in [2.05, 4.69) is 25.6 Å². The number of anilines is 1. The van der Waals surface area contributed by atoms with Gasteiger partial charge in [0.05, 0.1) is 6.33 Å². The predicted octanol–water partition coefficient (Wildman–Crippen LogP) is -0.576. The lowest BCUT2D eigenvalue weighted by molar-refractivity contribution is -0.0218. The van der Waals surface area contributed by atoms with Gasteiger partial charge in [0.1, 0.15) is 35.1 Å². The number of aliphatic hydroxyl groups excluding tert-OH is 2. The molecule has 4 atom stereocenters. The third-order valence-electron chi connectivity index (χ3n) is 3.72. The van der Waals surface area contributed by atoms with Gasteiger partial charge in [-0.3, -0.25) is 4.57 Å². The van der Waals surface area contributed by atoms with Gasteiger partial charge < -0.3 is 25.6 Å². The highest BCUT2D eigenvalue weighted by atomic mass is 32.1. The Balaban J connectivity index is 1.95. The molecule has 0 bridgehead atoms. The van der Waals surface area contributed by atoms with Crippen molar-refractivity contribution in [2.75, 3.05) is 18.9 Å². The van der Waals surface area contributed by atoms with Crippen LogP contribution in [-0.4, -0.2) is 66.6 Å². The van der Waals surface area contributed by atoms with Crippen molar-refractivity contribution in [3.63, 3.8) is 0 Å². The van der Waals surface area contributed by atoms with E-state index in [-0.39, 0.29) is 0 Å². The van der Waals surface area contributed by atoms with E-state index < -0.39 is 24.5 Å². The maximum absolute atomic E-state index is 10.3. The molecule has 3 heterocycles. The molecule has 23 heavy (non-hydrogen) atoms. The van der Waals surface area contributed by atoms with Crippen molar-refractivity contribution in [2.45, 2.75) is 31.5 Å². The summed E-state index contributed by atoms with van der Waals surface area (Å²) >= 11 is 5.19. The third-order valence-corrected chi connectivity index (χ3v) is 4.09. The molecule has 0 spiro atoms. The molecule has 0 aliphatic carbocycles. The molecule has 0 amide bonds. The monoisotopic (exact) mass is 338 g/mol. The molecule has 2 aromatic heterocycles. The number of imidazole rings is 1. The van der Waals surface area contributed by atoms with E-state index in [4.69, 9.17) is 17.0 Å². The first-order valence-electron chi connectivity index (χ1n) is 7.23. The maximum Gasteiger partial charge on any atom is 0.167 e. The van der Waals surface area contributed by atoms with E-state index >= 15 is 0 Å². The van der Waals surface area contributed by atoms with Crippen LogP contribution in [0.4, 0.5) is 5.82 Å². The number of fused-ring (bicyclic) bond motifs is 1. The van der Waals surface area contributed by atoms with E-state index in [1.807, 2.05) is 6.92 Å². The predicted molar refractivity (Wildman–Crippen MR) is 87.1 cm³/mol. The molecule has 0 radical (unpaired) electrons. The molecule has 10 heteroatoms. The first kappa shape index (κ1) is 16.0. The fourth-order valence-electron chi connectivity index (χ4n) is 2.60. The van der Waals surface area contributed by atoms with Gasteiger partial charge in [0.15, 0.2) is 17.7 Å². The second-order valence-electron chi connectivity index (χ2n) is 5.12. The van der Waals surface area contributed by atoms with Crippen molar-refractivity contribution in [1.82, 2.24) is 24.8 Å². The first-order chi connectivity index (χ1) is 11.1. The molecule has 9 nitrogen and oxygen atoms in total. The number of hydrogen-bond donors (Lipinski definition) is 4. The van der Waals surface area contributed by atoms with E-state index in [9.17, 15) is 10.2 Å². The quantitative estimate of drug-likeness (QED) is 0.543. The molecular weight excluding hydrogens is 320 g/mol. The van der Waals surface area contributed by atoms with Crippen molar-refractivity contribution < 1.29 is 14.9 Å². The Hall–Kier alpha value is -1.88. The lowest BCUT2D eigenvalue weighted by Crippen LogP contribution is -2.41. The minimum atomic E-state index is -1.15. The molecule has 1 saturated heterocycles. The molecule has 2 aromatic rings. The van der Waals surface area contributed by atoms with E-state index in [1.165, 1.54) is 12.7 Å². The zero-order chi connectivity index (χ0) is 16.6. The Morgan fingerprint density at radius 3 is 2.83 bits per heavy atom. The van der Waals surface area contributed by atoms with E-state index in [1.54, 1.807) is 11.6 Å². The topological polar surface area (TPSA) is 117 Å². The number of hydrogen-bond acceptors (Lipinski definition) is 8. The van der Waals surface area contributed by atoms with Gasteiger partial charge in [0.25, 0.3) is 0 Å². The van der Waals surface area contributed by atoms with Crippen LogP contribution in [0.2, 0.25) is 0 Å². The third kappa shape index (κ3) is 2.63. The smallest absolute Gasteiger partial charge is 0.167 e. The average Bonchev–Trinajstić information content (AvgIpc) is 3.10.